The van der Waals surface area contributed by atoms with Gasteiger partial charge < -0.3 is 14.6 Å². The number of aromatic carboxylic acids is 1. The number of carboxylic acid groups (broad SMARTS) is 1. The Balaban J connectivity index is 2.65. The van der Waals surface area contributed by atoms with E-state index in [4.69, 9.17) is 9.47 Å². The Morgan fingerprint density at radius 1 is 1.00 bits per heavy atom. The summed E-state index contributed by atoms with van der Waals surface area (Å²) in [6.45, 7) is 12.6. The summed E-state index contributed by atoms with van der Waals surface area (Å²) < 4.78 is 10.9. The molecule has 174 valence electrons. The molecule has 5 heteroatoms. The lowest BCUT2D eigenvalue weighted by molar-refractivity contribution is 0.0697. The molecule has 32 heavy (non-hydrogen) atoms. The summed E-state index contributed by atoms with van der Waals surface area (Å²) in [5, 5.41) is 9.85. The number of ether oxygens (including phenoxy) is 2. The molecule has 0 aliphatic rings. The standard InChI is InChI=1S/C27H36O5/c1-7-9-11-19-12-13-21(25(28)29)22(16-19)24-18(3)15-20(27(4,5)6)17-23(24)32-26(30)31-14-10-8-2/h12-13,15-17H,7-11,14H2,1-6H3,(H,28,29). The highest BCUT2D eigenvalue weighted by Gasteiger charge is 2.24. The summed E-state index contributed by atoms with van der Waals surface area (Å²) in [5.41, 5.74) is 4.08. The van der Waals surface area contributed by atoms with E-state index in [0.717, 1.165) is 48.8 Å². The molecule has 0 heterocycles. The third-order valence-electron chi connectivity index (χ3n) is 5.48. The molecule has 0 bridgehead atoms. The number of carboxylic acids is 1. The zero-order chi connectivity index (χ0) is 23.9. The van der Waals surface area contributed by atoms with Gasteiger partial charge in [-0.05, 0) is 60.4 Å². The average molecular weight is 441 g/mol. The van der Waals surface area contributed by atoms with Crippen molar-refractivity contribution >= 4 is 12.1 Å². The molecule has 0 fully saturated rings. The molecular weight excluding hydrogens is 404 g/mol. The van der Waals surface area contributed by atoms with E-state index < -0.39 is 12.1 Å². The van der Waals surface area contributed by atoms with Gasteiger partial charge in [-0.3, -0.25) is 0 Å². The second-order valence-corrected chi connectivity index (χ2v) is 9.26. The van der Waals surface area contributed by atoms with E-state index in [-0.39, 0.29) is 17.6 Å². The van der Waals surface area contributed by atoms with Crippen molar-refractivity contribution in [3.05, 3.63) is 52.6 Å². The fraction of sp³-hybridized carbons (Fsp3) is 0.481. The van der Waals surface area contributed by atoms with Crippen LogP contribution in [0.25, 0.3) is 11.1 Å². The molecule has 2 aromatic carbocycles. The second kappa shape index (κ2) is 11.2. The van der Waals surface area contributed by atoms with E-state index in [1.165, 1.54) is 0 Å². The smallest absolute Gasteiger partial charge is 0.478 e. The predicted molar refractivity (Wildman–Crippen MR) is 128 cm³/mol. The van der Waals surface area contributed by atoms with E-state index >= 15 is 0 Å². The highest BCUT2D eigenvalue weighted by molar-refractivity contribution is 5.98. The van der Waals surface area contributed by atoms with Gasteiger partial charge in [0.1, 0.15) is 5.75 Å². The number of hydrogen-bond acceptors (Lipinski definition) is 4. The number of carbonyl (C=O) groups excluding carboxylic acids is 1. The molecular formula is C27H36O5. The lowest BCUT2D eigenvalue weighted by Crippen LogP contribution is -2.16. The van der Waals surface area contributed by atoms with Gasteiger partial charge in [-0.15, -0.1) is 0 Å². The topological polar surface area (TPSA) is 72.8 Å². The van der Waals surface area contributed by atoms with Gasteiger partial charge in [0.25, 0.3) is 0 Å². The molecule has 0 saturated heterocycles. The quantitative estimate of drug-likeness (QED) is 0.251. The second-order valence-electron chi connectivity index (χ2n) is 9.26. The van der Waals surface area contributed by atoms with Crippen molar-refractivity contribution in [2.75, 3.05) is 6.61 Å². The molecule has 2 rings (SSSR count). The van der Waals surface area contributed by atoms with Gasteiger partial charge in [0.05, 0.1) is 12.2 Å². The first-order chi connectivity index (χ1) is 15.1. The third-order valence-corrected chi connectivity index (χ3v) is 5.48. The van der Waals surface area contributed by atoms with Crippen LogP contribution in [0.5, 0.6) is 5.75 Å². The van der Waals surface area contributed by atoms with Gasteiger partial charge in [0.2, 0.25) is 0 Å². The lowest BCUT2D eigenvalue weighted by Gasteiger charge is -2.23. The van der Waals surface area contributed by atoms with Crippen LogP contribution in [0.3, 0.4) is 0 Å². The normalized spacial score (nSPS) is 11.3. The largest absolute Gasteiger partial charge is 0.513 e. The summed E-state index contributed by atoms with van der Waals surface area (Å²) in [7, 11) is 0. The average Bonchev–Trinajstić information content (AvgIpc) is 2.71. The van der Waals surface area contributed by atoms with E-state index in [1.54, 1.807) is 6.07 Å². The number of carbonyl (C=O) groups is 2. The fourth-order valence-corrected chi connectivity index (χ4v) is 3.55. The van der Waals surface area contributed by atoms with Crippen LogP contribution in [0.1, 0.15) is 87.4 Å². The molecule has 0 radical (unpaired) electrons. The van der Waals surface area contributed by atoms with Gasteiger partial charge in [0, 0.05) is 11.1 Å². The van der Waals surface area contributed by atoms with Gasteiger partial charge in [-0.1, -0.05) is 65.7 Å². The molecule has 0 atom stereocenters. The summed E-state index contributed by atoms with van der Waals surface area (Å²) in [4.78, 5) is 24.4. The van der Waals surface area contributed by atoms with E-state index in [2.05, 4.69) is 27.7 Å². The maximum Gasteiger partial charge on any atom is 0.513 e. The first-order valence-electron chi connectivity index (χ1n) is 11.4. The number of hydrogen-bond donors (Lipinski definition) is 1. The van der Waals surface area contributed by atoms with Crippen molar-refractivity contribution < 1.29 is 24.2 Å². The number of unbranched alkanes of at least 4 members (excludes halogenated alkanes) is 2. The van der Waals surface area contributed by atoms with Gasteiger partial charge >= 0.3 is 12.1 Å². The number of benzene rings is 2. The van der Waals surface area contributed by atoms with Crippen molar-refractivity contribution in [1.29, 1.82) is 0 Å². The van der Waals surface area contributed by atoms with Crippen LogP contribution in [-0.2, 0) is 16.6 Å². The maximum atomic E-state index is 12.4. The van der Waals surface area contributed by atoms with Crippen molar-refractivity contribution in [3.63, 3.8) is 0 Å². The van der Waals surface area contributed by atoms with Crippen LogP contribution in [0.2, 0.25) is 0 Å². The molecule has 0 aliphatic carbocycles. The minimum absolute atomic E-state index is 0.174. The molecule has 0 spiro atoms. The highest BCUT2D eigenvalue weighted by Crippen LogP contribution is 2.40. The lowest BCUT2D eigenvalue weighted by atomic mass is 9.83. The SMILES string of the molecule is CCCCOC(=O)Oc1cc(C(C)(C)C)cc(C)c1-c1cc(CCCC)ccc1C(=O)O. The van der Waals surface area contributed by atoms with Crippen LogP contribution in [-0.4, -0.2) is 23.8 Å². The molecule has 5 nitrogen and oxygen atoms in total. The number of aryl methyl sites for hydroxylation is 2. The molecule has 0 unspecified atom stereocenters. The van der Waals surface area contributed by atoms with E-state index in [1.807, 2.05) is 38.1 Å². The van der Waals surface area contributed by atoms with Crippen LogP contribution in [0.15, 0.2) is 30.3 Å². The zero-order valence-electron chi connectivity index (χ0n) is 20.2. The molecule has 0 aliphatic heterocycles. The van der Waals surface area contributed by atoms with Crippen molar-refractivity contribution in [1.82, 2.24) is 0 Å². The van der Waals surface area contributed by atoms with Crippen LogP contribution >= 0.6 is 0 Å². The molecule has 1 N–H and O–H groups in total. The Morgan fingerprint density at radius 3 is 2.28 bits per heavy atom. The molecule has 0 amide bonds. The van der Waals surface area contributed by atoms with Crippen molar-refractivity contribution in [2.24, 2.45) is 0 Å². The molecule has 0 saturated carbocycles. The van der Waals surface area contributed by atoms with Gasteiger partial charge in [-0.25, -0.2) is 9.59 Å². The Hall–Kier alpha value is -2.82. The predicted octanol–water partition coefficient (Wildman–Crippen LogP) is 7.32. The molecule has 2 aromatic rings. The van der Waals surface area contributed by atoms with Crippen molar-refractivity contribution in [3.8, 4) is 16.9 Å². The maximum absolute atomic E-state index is 12.4. The Labute approximate surface area is 191 Å². The zero-order valence-corrected chi connectivity index (χ0v) is 20.2. The first kappa shape index (κ1) is 25.4. The highest BCUT2D eigenvalue weighted by atomic mass is 16.7. The minimum atomic E-state index is -1.02. The van der Waals surface area contributed by atoms with Gasteiger partial charge in [-0.2, -0.15) is 0 Å². The van der Waals surface area contributed by atoms with Crippen LogP contribution in [0.4, 0.5) is 4.79 Å². The fourth-order valence-electron chi connectivity index (χ4n) is 3.55. The summed E-state index contributed by atoms with van der Waals surface area (Å²) in [5.74, 6) is -0.690. The monoisotopic (exact) mass is 440 g/mol. The molecule has 0 aromatic heterocycles. The minimum Gasteiger partial charge on any atom is -0.478 e. The summed E-state index contributed by atoms with van der Waals surface area (Å²) >= 11 is 0. The first-order valence-corrected chi connectivity index (χ1v) is 11.4. The van der Waals surface area contributed by atoms with E-state index in [0.29, 0.717) is 16.9 Å². The Bertz CT molecular complexity index is 953. The summed E-state index contributed by atoms with van der Waals surface area (Å²) in [6.07, 6.45) is 3.81. The Morgan fingerprint density at radius 2 is 1.69 bits per heavy atom. The number of rotatable bonds is 9. The third kappa shape index (κ3) is 6.59. The van der Waals surface area contributed by atoms with Crippen LogP contribution in [0, 0.1) is 6.92 Å². The Kier molecular flexibility index (Phi) is 8.88. The van der Waals surface area contributed by atoms with E-state index in [9.17, 15) is 14.7 Å². The summed E-state index contributed by atoms with van der Waals surface area (Å²) in [6, 6.07) is 9.28. The van der Waals surface area contributed by atoms with Gasteiger partial charge in [0.15, 0.2) is 0 Å². The van der Waals surface area contributed by atoms with Crippen LogP contribution < -0.4 is 4.74 Å². The van der Waals surface area contributed by atoms with Crippen molar-refractivity contribution in [2.45, 2.75) is 79.1 Å².